The Balaban J connectivity index is 3.75. The summed E-state index contributed by atoms with van der Waals surface area (Å²) in [5.74, 6) is 0. The SMILES string of the molecule is CC(C)[Si](NC(N[Si](C(C)C)(C(C)C)C(C)C)C(C)(C)c1ccccn1)(C(C)C)C(C)C. The van der Waals surface area contributed by atoms with Gasteiger partial charge in [0.1, 0.15) is 16.5 Å². The molecular formula is C27H55N3Si2. The van der Waals surface area contributed by atoms with Gasteiger partial charge in [-0.1, -0.05) is 103 Å². The molecule has 0 atom stereocenters. The second-order valence-electron chi connectivity index (χ2n) is 12.5. The number of nitrogens with one attached hydrogen (secondary N) is 2. The van der Waals surface area contributed by atoms with Crippen LogP contribution in [-0.2, 0) is 5.41 Å². The summed E-state index contributed by atoms with van der Waals surface area (Å²) in [6.07, 6.45) is 2.14. The molecule has 2 N–H and O–H groups in total. The van der Waals surface area contributed by atoms with E-state index in [1.807, 2.05) is 12.3 Å². The second kappa shape index (κ2) is 11.3. The van der Waals surface area contributed by atoms with Gasteiger partial charge in [-0.15, -0.1) is 0 Å². The lowest BCUT2D eigenvalue weighted by Crippen LogP contribution is -2.74. The first-order chi connectivity index (χ1) is 14.6. The van der Waals surface area contributed by atoms with Gasteiger partial charge in [-0.2, -0.15) is 0 Å². The summed E-state index contributed by atoms with van der Waals surface area (Å²) < 4.78 is 0. The third kappa shape index (κ3) is 5.59. The van der Waals surface area contributed by atoms with Crippen LogP contribution in [0.15, 0.2) is 24.4 Å². The monoisotopic (exact) mass is 477 g/mol. The zero-order valence-electron chi connectivity index (χ0n) is 23.8. The van der Waals surface area contributed by atoms with Gasteiger partial charge in [0.05, 0.1) is 6.17 Å². The van der Waals surface area contributed by atoms with E-state index in [1.165, 1.54) is 5.69 Å². The molecule has 1 aromatic heterocycles. The van der Waals surface area contributed by atoms with Crippen molar-refractivity contribution in [3.05, 3.63) is 30.1 Å². The van der Waals surface area contributed by atoms with E-state index in [0.29, 0.717) is 33.2 Å². The minimum absolute atomic E-state index is 0.130. The fourth-order valence-corrected chi connectivity index (χ4v) is 18.8. The topological polar surface area (TPSA) is 37.0 Å². The van der Waals surface area contributed by atoms with Gasteiger partial charge in [-0.25, -0.2) is 0 Å². The zero-order valence-corrected chi connectivity index (χ0v) is 25.8. The molecule has 0 saturated heterocycles. The lowest BCUT2D eigenvalue weighted by Gasteiger charge is -2.54. The minimum Gasteiger partial charge on any atom is -0.322 e. The maximum Gasteiger partial charge on any atom is 0.134 e. The number of pyridine rings is 1. The molecule has 1 heterocycles. The third-order valence-electron chi connectivity index (χ3n) is 8.57. The molecule has 0 aliphatic carbocycles. The van der Waals surface area contributed by atoms with E-state index < -0.39 is 16.5 Å². The smallest absolute Gasteiger partial charge is 0.134 e. The second-order valence-corrected chi connectivity index (χ2v) is 23.7. The predicted octanol–water partition coefficient (Wildman–Crippen LogP) is 8.22. The molecule has 1 aromatic rings. The largest absolute Gasteiger partial charge is 0.322 e. The zero-order chi connectivity index (χ0) is 25.1. The molecule has 1 rings (SSSR count). The first-order valence-electron chi connectivity index (χ1n) is 13.0. The Hall–Kier alpha value is -0.496. The van der Waals surface area contributed by atoms with Crippen LogP contribution in [-0.4, -0.2) is 27.6 Å². The number of nitrogens with zero attached hydrogens (tertiary/aromatic N) is 1. The number of hydrogen-bond donors (Lipinski definition) is 2. The van der Waals surface area contributed by atoms with E-state index in [0.717, 1.165) is 0 Å². The van der Waals surface area contributed by atoms with E-state index in [4.69, 9.17) is 4.98 Å². The highest BCUT2D eigenvalue weighted by molar-refractivity contribution is 6.82. The van der Waals surface area contributed by atoms with E-state index in [2.05, 4.69) is 119 Å². The molecule has 0 spiro atoms. The number of hydrogen-bond acceptors (Lipinski definition) is 3. The van der Waals surface area contributed by atoms with Crippen LogP contribution in [0, 0.1) is 0 Å². The van der Waals surface area contributed by atoms with Gasteiger partial charge in [0, 0.05) is 17.3 Å². The summed E-state index contributed by atoms with van der Waals surface area (Å²) >= 11 is 0. The van der Waals surface area contributed by atoms with Crippen molar-refractivity contribution in [3.63, 3.8) is 0 Å². The Labute approximate surface area is 203 Å². The van der Waals surface area contributed by atoms with Crippen LogP contribution in [0.3, 0.4) is 0 Å². The summed E-state index contributed by atoms with van der Waals surface area (Å²) in [5.41, 5.74) is 4.95. The molecule has 3 nitrogen and oxygen atoms in total. The van der Waals surface area contributed by atoms with Crippen molar-refractivity contribution in [2.45, 2.75) is 142 Å². The minimum atomic E-state index is -1.86. The summed E-state index contributed by atoms with van der Waals surface area (Å²) in [6, 6.07) is 6.38. The standard InChI is InChI=1S/C27H55N3Si2/c1-19(2)31(20(3)4,21(5)6)29-26(27(13,14)25-17-15-16-18-28-25)30-32(22(7)8,23(9)10)24(11)12/h15-24,26,29-30H,1-14H3. The maximum absolute atomic E-state index is 4.85. The Kier molecular flexibility index (Phi) is 10.4. The van der Waals surface area contributed by atoms with Crippen LogP contribution in [0.5, 0.6) is 0 Å². The highest BCUT2D eigenvalue weighted by Gasteiger charge is 2.51. The van der Waals surface area contributed by atoms with Crippen molar-refractivity contribution in [1.29, 1.82) is 0 Å². The number of aromatic nitrogens is 1. The maximum atomic E-state index is 4.85. The van der Waals surface area contributed by atoms with Crippen LogP contribution >= 0.6 is 0 Å². The summed E-state index contributed by atoms with van der Waals surface area (Å²) in [7, 11) is -3.71. The molecule has 32 heavy (non-hydrogen) atoms. The van der Waals surface area contributed by atoms with Crippen LogP contribution < -0.4 is 9.96 Å². The molecule has 0 aliphatic rings. The van der Waals surface area contributed by atoms with Crippen LogP contribution in [0.4, 0.5) is 0 Å². The molecule has 0 bridgehead atoms. The van der Waals surface area contributed by atoms with Gasteiger partial charge < -0.3 is 9.96 Å². The molecule has 0 amide bonds. The average Bonchev–Trinajstić information content (AvgIpc) is 2.66. The van der Waals surface area contributed by atoms with E-state index in [9.17, 15) is 0 Å². The molecule has 0 unspecified atom stereocenters. The molecule has 186 valence electrons. The van der Waals surface area contributed by atoms with Gasteiger partial charge in [0.25, 0.3) is 0 Å². The Morgan fingerprint density at radius 3 is 1.22 bits per heavy atom. The van der Waals surface area contributed by atoms with Crippen LogP contribution in [0.25, 0.3) is 0 Å². The van der Waals surface area contributed by atoms with Crippen LogP contribution in [0.2, 0.25) is 33.2 Å². The van der Waals surface area contributed by atoms with Crippen molar-refractivity contribution in [1.82, 2.24) is 14.9 Å². The normalized spacial score (nSPS) is 14.3. The van der Waals surface area contributed by atoms with Crippen molar-refractivity contribution >= 4 is 16.5 Å². The van der Waals surface area contributed by atoms with E-state index in [1.54, 1.807) is 0 Å². The highest BCUT2D eigenvalue weighted by atomic mass is 28.3. The van der Waals surface area contributed by atoms with Gasteiger partial charge in [0.2, 0.25) is 0 Å². The molecular weight excluding hydrogens is 422 g/mol. The first-order valence-corrected chi connectivity index (χ1v) is 17.5. The number of rotatable bonds is 12. The van der Waals surface area contributed by atoms with Gasteiger partial charge in [-0.3, -0.25) is 4.98 Å². The van der Waals surface area contributed by atoms with Gasteiger partial charge >= 0.3 is 0 Å². The highest BCUT2D eigenvalue weighted by Crippen LogP contribution is 2.44. The van der Waals surface area contributed by atoms with Gasteiger partial charge in [0.15, 0.2) is 0 Å². The first kappa shape index (κ1) is 29.5. The van der Waals surface area contributed by atoms with Gasteiger partial charge in [-0.05, 0) is 45.4 Å². The van der Waals surface area contributed by atoms with Crippen LogP contribution in [0.1, 0.15) is 103 Å². The Morgan fingerprint density at radius 2 is 0.969 bits per heavy atom. The Bertz CT molecular complexity index is 604. The van der Waals surface area contributed by atoms with Crippen molar-refractivity contribution in [2.75, 3.05) is 0 Å². The Morgan fingerprint density at radius 1 is 0.625 bits per heavy atom. The van der Waals surface area contributed by atoms with Crippen molar-refractivity contribution in [3.8, 4) is 0 Å². The van der Waals surface area contributed by atoms with E-state index >= 15 is 0 Å². The fraction of sp³-hybridized carbons (Fsp3) is 0.815. The predicted molar refractivity (Wildman–Crippen MR) is 149 cm³/mol. The van der Waals surface area contributed by atoms with Crippen molar-refractivity contribution < 1.29 is 0 Å². The summed E-state index contributed by atoms with van der Waals surface area (Å²) in [4.78, 5) is 13.7. The molecule has 5 heteroatoms. The summed E-state index contributed by atoms with van der Waals surface area (Å²) in [6.45, 7) is 34.1. The molecule has 0 fully saturated rings. The molecule has 0 aromatic carbocycles. The lowest BCUT2D eigenvalue weighted by atomic mass is 9.86. The summed E-state index contributed by atoms with van der Waals surface area (Å²) in [5, 5.41) is 0. The lowest BCUT2D eigenvalue weighted by molar-refractivity contribution is 0.339. The molecule has 0 aliphatic heterocycles. The van der Waals surface area contributed by atoms with E-state index in [-0.39, 0.29) is 11.6 Å². The third-order valence-corrected chi connectivity index (χ3v) is 21.6. The quantitative estimate of drug-likeness (QED) is 0.235. The molecule has 0 saturated carbocycles. The molecule has 0 radical (unpaired) electrons. The fourth-order valence-electron chi connectivity index (χ4n) is 6.79. The average molecular weight is 478 g/mol. The van der Waals surface area contributed by atoms with Crippen molar-refractivity contribution in [2.24, 2.45) is 0 Å².